The van der Waals surface area contributed by atoms with Crippen LogP contribution in [0.4, 0.5) is 8.78 Å². The van der Waals surface area contributed by atoms with Crippen molar-refractivity contribution in [3.05, 3.63) is 32.9 Å². The molecule has 0 aromatic heterocycles. The van der Waals surface area contributed by atoms with E-state index in [1.165, 1.54) is 6.07 Å². The van der Waals surface area contributed by atoms with Crippen molar-refractivity contribution in [2.24, 2.45) is 0 Å². The Hall–Kier alpha value is -0.230. The average Bonchev–Trinajstić information content (AvgIpc) is 1.85. The summed E-state index contributed by atoms with van der Waals surface area (Å²) >= 11 is 1.77. The van der Waals surface area contributed by atoms with Crippen molar-refractivity contribution in [3.63, 3.8) is 0 Å². The molecule has 4 heteroatoms. The van der Waals surface area contributed by atoms with Crippen LogP contribution in [0.5, 0.6) is 0 Å². The van der Waals surface area contributed by atoms with Crippen molar-refractivity contribution in [1.82, 2.24) is 0 Å². The van der Waals surface area contributed by atoms with Gasteiger partial charge in [-0.05, 0) is 28.7 Å². The van der Waals surface area contributed by atoms with Gasteiger partial charge in [-0.3, -0.25) is 0 Å². The van der Waals surface area contributed by atoms with Crippen LogP contribution in [0.2, 0.25) is 0 Å². The number of aliphatic hydroxyl groups excluding tert-OH is 1. The second-order valence-corrected chi connectivity index (χ2v) is 3.17. The minimum atomic E-state index is -0.697. The second kappa shape index (κ2) is 3.44. The van der Waals surface area contributed by atoms with Gasteiger partial charge in [0, 0.05) is 15.2 Å². The Bertz CT molecular complexity index is 252. The molecule has 1 nitrogen and oxygen atoms in total. The number of benzene rings is 1. The SMILES string of the molecule is OCc1c(F)cc(F)cc1I. The summed E-state index contributed by atoms with van der Waals surface area (Å²) in [6, 6.07) is 1.93. The predicted molar refractivity (Wildman–Crippen MR) is 45.0 cm³/mol. The van der Waals surface area contributed by atoms with Crippen LogP contribution in [0.15, 0.2) is 12.1 Å². The Kier molecular flexibility index (Phi) is 2.78. The van der Waals surface area contributed by atoms with Crippen molar-refractivity contribution in [2.45, 2.75) is 6.61 Å². The van der Waals surface area contributed by atoms with Gasteiger partial charge in [0.1, 0.15) is 11.6 Å². The molecule has 0 amide bonds. The molecule has 1 aromatic carbocycles. The van der Waals surface area contributed by atoms with Gasteiger partial charge in [-0.15, -0.1) is 0 Å². The minimum absolute atomic E-state index is 0.145. The summed E-state index contributed by atoms with van der Waals surface area (Å²) in [5.41, 5.74) is 0.145. The van der Waals surface area contributed by atoms with Crippen LogP contribution in [0, 0.1) is 15.2 Å². The van der Waals surface area contributed by atoms with E-state index >= 15 is 0 Å². The lowest BCUT2D eigenvalue weighted by Gasteiger charge is -2.01. The standard InChI is InChI=1S/C7H5F2IO/c8-4-1-6(9)5(3-11)7(10)2-4/h1-2,11H,3H2. The first kappa shape index (κ1) is 8.86. The highest BCUT2D eigenvalue weighted by Crippen LogP contribution is 2.17. The fraction of sp³-hybridized carbons (Fsp3) is 0.143. The smallest absolute Gasteiger partial charge is 0.132 e. The molecule has 1 rings (SSSR count). The fourth-order valence-electron chi connectivity index (χ4n) is 0.723. The van der Waals surface area contributed by atoms with Crippen molar-refractivity contribution < 1.29 is 13.9 Å². The second-order valence-electron chi connectivity index (χ2n) is 2.01. The number of hydrogen-bond acceptors (Lipinski definition) is 1. The fourth-order valence-corrected chi connectivity index (χ4v) is 1.45. The number of hydrogen-bond donors (Lipinski definition) is 1. The number of aliphatic hydroxyl groups is 1. The summed E-state index contributed by atoms with van der Waals surface area (Å²) in [6.45, 7) is -0.398. The lowest BCUT2D eigenvalue weighted by molar-refractivity contribution is 0.274. The summed E-state index contributed by atoms with van der Waals surface area (Å²) in [5, 5.41) is 8.62. The van der Waals surface area contributed by atoms with Gasteiger partial charge in [0.15, 0.2) is 0 Å². The van der Waals surface area contributed by atoms with E-state index in [1.54, 1.807) is 22.6 Å². The largest absolute Gasteiger partial charge is 0.392 e. The molecule has 0 bridgehead atoms. The molecule has 0 fully saturated rings. The predicted octanol–water partition coefficient (Wildman–Crippen LogP) is 2.06. The molecule has 0 aliphatic heterocycles. The molecule has 0 aliphatic carbocycles. The van der Waals surface area contributed by atoms with E-state index in [4.69, 9.17) is 5.11 Å². The molecule has 0 unspecified atom stereocenters. The molecule has 11 heavy (non-hydrogen) atoms. The van der Waals surface area contributed by atoms with Crippen molar-refractivity contribution in [1.29, 1.82) is 0 Å². The maximum absolute atomic E-state index is 12.7. The highest BCUT2D eigenvalue weighted by molar-refractivity contribution is 14.1. The van der Waals surface area contributed by atoms with Crippen LogP contribution in [0.1, 0.15) is 5.56 Å². The maximum atomic E-state index is 12.7. The quantitative estimate of drug-likeness (QED) is 0.774. The third kappa shape index (κ3) is 1.87. The average molecular weight is 270 g/mol. The summed E-state index contributed by atoms with van der Waals surface area (Å²) in [4.78, 5) is 0. The molecule has 0 atom stereocenters. The topological polar surface area (TPSA) is 20.2 Å². The van der Waals surface area contributed by atoms with E-state index in [0.29, 0.717) is 3.57 Å². The third-order valence-electron chi connectivity index (χ3n) is 1.26. The monoisotopic (exact) mass is 270 g/mol. The zero-order chi connectivity index (χ0) is 8.43. The van der Waals surface area contributed by atoms with E-state index in [9.17, 15) is 8.78 Å². The first-order chi connectivity index (χ1) is 5.15. The molecular formula is C7H5F2IO. The van der Waals surface area contributed by atoms with E-state index in [-0.39, 0.29) is 5.56 Å². The van der Waals surface area contributed by atoms with Gasteiger partial charge in [-0.1, -0.05) is 0 Å². The Morgan fingerprint density at radius 2 is 2.00 bits per heavy atom. The minimum Gasteiger partial charge on any atom is -0.392 e. The first-order valence-electron chi connectivity index (χ1n) is 2.89. The molecule has 0 saturated carbocycles. The Morgan fingerprint density at radius 3 is 2.45 bits per heavy atom. The van der Waals surface area contributed by atoms with Gasteiger partial charge < -0.3 is 5.11 Å². The zero-order valence-electron chi connectivity index (χ0n) is 5.44. The molecule has 0 heterocycles. The molecule has 60 valence electrons. The van der Waals surface area contributed by atoms with Crippen LogP contribution < -0.4 is 0 Å². The van der Waals surface area contributed by atoms with Crippen molar-refractivity contribution in [3.8, 4) is 0 Å². The normalized spacial score (nSPS) is 10.2. The molecule has 0 radical (unpaired) electrons. The van der Waals surface area contributed by atoms with Gasteiger partial charge in [0.05, 0.1) is 6.61 Å². The van der Waals surface area contributed by atoms with E-state index < -0.39 is 18.2 Å². The van der Waals surface area contributed by atoms with Gasteiger partial charge >= 0.3 is 0 Å². The third-order valence-corrected chi connectivity index (χ3v) is 2.23. The van der Waals surface area contributed by atoms with Crippen LogP contribution >= 0.6 is 22.6 Å². The molecule has 1 aromatic rings. The van der Waals surface area contributed by atoms with Crippen LogP contribution in [0.3, 0.4) is 0 Å². The zero-order valence-corrected chi connectivity index (χ0v) is 7.60. The van der Waals surface area contributed by atoms with Crippen LogP contribution in [-0.2, 0) is 6.61 Å². The van der Waals surface area contributed by atoms with Gasteiger partial charge in [-0.2, -0.15) is 0 Å². The molecule has 0 saturated heterocycles. The summed E-state index contributed by atoms with van der Waals surface area (Å²) in [6.07, 6.45) is 0. The lowest BCUT2D eigenvalue weighted by Crippen LogP contribution is -1.95. The van der Waals surface area contributed by atoms with Crippen LogP contribution in [0.25, 0.3) is 0 Å². The van der Waals surface area contributed by atoms with Crippen molar-refractivity contribution in [2.75, 3.05) is 0 Å². The van der Waals surface area contributed by atoms with E-state index in [0.717, 1.165) is 6.07 Å². The first-order valence-corrected chi connectivity index (χ1v) is 3.97. The maximum Gasteiger partial charge on any atom is 0.132 e. The molecule has 0 aliphatic rings. The molecule has 0 spiro atoms. The van der Waals surface area contributed by atoms with Gasteiger partial charge in [-0.25, -0.2) is 8.78 Å². The number of rotatable bonds is 1. The van der Waals surface area contributed by atoms with E-state index in [1.807, 2.05) is 0 Å². The summed E-state index contributed by atoms with van der Waals surface area (Å²) < 4.78 is 25.5. The Balaban J connectivity index is 3.25. The molecule has 1 N–H and O–H groups in total. The summed E-state index contributed by atoms with van der Waals surface area (Å²) in [7, 11) is 0. The Morgan fingerprint density at radius 1 is 1.36 bits per heavy atom. The highest BCUT2D eigenvalue weighted by Gasteiger charge is 2.07. The van der Waals surface area contributed by atoms with Crippen LogP contribution in [-0.4, -0.2) is 5.11 Å². The molecular weight excluding hydrogens is 265 g/mol. The van der Waals surface area contributed by atoms with Crippen molar-refractivity contribution >= 4 is 22.6 Å². The van der Waals surface area contributed by atoms with Gasteiger partial charge in [0.25, 0.3) is 0 Å². The highest BCUT2D eigenvalue weighted by atomic mass is 127. The lowest BCUT2D eigenvalue weighted by atomic mass is 10.2. The van der Waals surface area contributed by atoms with E-state index in [2.05, 4.69) is 0 Å². The Labute approximate surface area is 76.2 Å². The number of halogens is 3. The summed E-state index contributed by atoms with van der Waals surface area (Å²) in [5.74, 6) is -1.32. The van der Waals surface area contributed by atoms with Gasteiger partial charge in [0.2, 0.25) is 0 Å².